The molecule has 0 fully saturated rings. The Morgan fingerprint density at radius 1 is 1.40 bits per heavy atom. The molecule has 82 valence electrons. The predicted octanol–water partition coefficient (Wildman–Crippen LogP) is 3.29. The SMILES string of the molecule is O=Cc1ccc(CBr)cc1OC(F)(F)F. The zero-order chi connectivity index (χ0) is 11.5. The molecule has 0 saturated heterocycles. The van der Waals surface area contributed by atoms with Crippen molar-refractivity contribution in [3.8, 4) is 5.75 Å². The zero-order valence-electron chi connectivity index (χ0n) is 7.34. The summed E-state index contributed by atoms with van der Waals surface area (Å²) in [6.07, 6.45) is -4.47. The Bertz CT molecular complexity index is 363. The molecular formula is C9H6BrF3O2. The Hall–Kier alpha value is -1.04. The molecule has 0 atom stereocenters. The number of carbonyl (C=O) groups is 1. The minimum absolute atomic E-state index is 0.128. The Morgan fingerprint density at radius 2 is 2.07 bits per heavy atom. The molecule has 1 aromatic carbocycles. The summed E-state index contributed by atoms with van der Waals surface area (Å²) < 4.78 is 39.5. The molecule has 0 heterocycles. The number of alkyl halides is 4. The van der Waals surface area contributed by atoms with Crippen LogP contribution in [0.3, 0.4) is 0 Å². The minimum atomic E-state index is -4.79. The number of hydrogen-bond acceptors (Lipinski definition) is 2. The molecular weight excluding hydrogens is 277 g/mol. The second kappa shape index (κ2) is 4.65. The summed E-state index contributed by atoms with van der Waals surface area (Å²) >= 11 is 3.09. The molecule has 0 aliphatic carbocycles. The van der Waals surface area contributed by atoms with Gasteiger partial charge in [-0.1, -0.05) is 22.0 Å². The molecule has 0 spiro atoms. The fraction of sp³-hybridized carbons (Fsp3) is 0.222. The second-order valence-corrected chi connectivity index (χ2v) is 3.23. The molecule has 6 heteroatoms. The Labute approximate surface area is 92.2 Å². The normalized spacial score (nSPS) is 11.2. The van der Waals surface area contributed by atoms with E-state index in [2.05, 4.69) is 20.7 Å². The van der Waals surface area contributed by atoms with Gasteiger partial charge in [-0.25, -0.2) is 0 Å². The number of carbonyl (C=O) groups excluding carboxylic acids is 1. The van der Waals surface area contributed by atoms with Gasteiger partial charge in [0, 0.05) is 5.33 Å². The fourth-order valence-electron chi connectivity index (χ4n) is 0.972. The monoisotopic (exact) mass is 282 g/mol. The van der Waals surface area contributed by atoms with Crippen LogP contribution < -0.4 is 4.74 Å². The van der Waals surface area contributed by atoms with E-state index in [-0.39, 0.29) is 5.56 Å². The lowest BCUT2D eigenvalue weighted by molar-refractivity contribution is -0.274. The van der Waals surface area contributed by atoms with Crippen LogP contribution in [0, 0.1) is 0 Å². The molecule has 0 aliphatic heterocycles. The van der Waals surface area contributed by atoms with Crippen LogP contribution in [-0.4, -0.2) is 12.6 Å². The predicted molar refractivity (Wildman–Crippen MR) is 51.1 cm³/mol. The summed E-state index contributed by atoms with van der Waals surface area (Å²) in [5.41, 5.74) is 0.469. The average Bonchev–Trinajstić information content (AvgIpc) is 2.15. The molecule has 0 N–H and O–H groups in total. The number of ether oxygens (including phenoxy) is 1. The van der Waals surface area contributed by atoms with Crippen molar-refractivity contribution in [2.75, 3.05) is 0 Å². The van der Waals surface area contributed by atoms with Crippen LogP contribution in [0.4, 0.5) is 13.2 Å². The molecule has 1 aromatic rings. The zero-order valence-corrected chi connectivity index (χ0v) is 8.93. The molecule has 2 nitrogen and oxygen atoms in total. The molecule has 0 bridgehead atoms. The topological polar surface area (TPSA) is 26.3 Å². The van der Waals surface area contributed by atoms with Crippen molar-refractivity contribution in [3.05, 3.63) is 29.3 Å². The van der Waals surface area contributed by atoms with Gasteiger partial charge in [0.25, 0.3) is 0 Å². The maximum atomic E-state index is 11.9. The lowest BCUT2D eigenvalue weighted by atomic mass is 10.1. The van der Waals surface area contributed by atoms with Crippen molar-refractivity contribution in [1.29, 1.82) is 0 Å². The van der Waals surface area contributed by atoms with Crippen LogP contribution in [-0.2, 0) is 5.33 Å². The van der Waals surface area contributed by atoms with Gasteiger partial charge in [-0.2, -0.15) is 0 Å². The lowest BCUT2D eigenvalue weighted by Crippen LogP contribution is -2.18. The van der Waals surface area contributed by atoms with Crippen molar-refractivity contribution in [2.45, 2.75) is 11.7 Å². The van der Waals surface area contributed by atoms with Crippen molar-refractivity contribution in [2.24, 2.45) is 0 Å². The Kier molecular flexibility index (Phi) is 3.73. The fourth-order valence-corrected chi connectivity index (χ4v) is 1.32. The molecule has 1 rings (SSSR count). The number of halogens is 4. The summed E-state index contributed by atoms with van der Waals surface area (Å²) in [5, 5.41) is 0.389. The largest absolute Gasteiger partial charge is 0.573 e. The molecule has 0 aliphatic rings. The van der Waals surface area contributed by atoms with E-state index in [0.29, 0.717) is 17.2 Å². The van der Waals surface area contributed by atoms with Gasteiger partial charge in [0.2, 0.25) is 0 Å². The van der Waals surface area contributed by atoms with Crippen LogP contribution in [0.15, 0.2) is 18.2 Å². The van der Waals surface area contributed by atoms with E-state index < -0.39 is 12.1 Å². The molecule has 0 radical (unpaired) electrons. The van der Waals surface area contributed by atoms with E-state index in [0.717, 1.165) is 0 Å². The molecule has 0 aromatic heterocycles. The summed E-state index contributed by atoms with van der Waals surface area (Å²) in [7, 11) is 0. The average molecular weight is 283 g/mol. The highest BCUT2D eigenvalue weighted by Gasteiger charge is 2.32. The van der Waals surface area contributed by atoms with Crippen LogP contribution in [0.1, 0.15) is 15.9 Å². The van der Waals surface area contributed by atoms with E-state index in [1.807, 2.05) is 0 Å². The first-order chi connectivity index (χ1) is 6.96. The van der Waals surface area contributed by atoms with Crippen LogP contribution in [0.5, 0.6) is 5.75 Å². The van der Waals surface area contributed by atoms with Gasteiger partial charge >= 0.3 is 6.36 Å². The summed E-state index contributed by atoms with van der Waals surface area (Å²) in [6, 6.07) is 4.00. The first-order valence-corrected chi connectivity index (χ1v) is 4.98. The van der Waals surface area contributed by atoms with Gasteiger partial charge in [0.15, 0.2) is 6.29 Å². The number of rotatable bonds is 3. The third-order valence-corrected chi connectivity index (χ3v) is 2.23. The highest BCUT2D eigenvalue weighted by atomic mass is 79.9. The highest BCUT2D eigenvalue weighted by molar-refractivity contribution is 9.08. The second-order valence-electron chi connectivity index (χ2n) is 2.67. The van der Waals surface area contributed by atoms with E-state index in [9.17, 15) is 18.0 Å². The van der Waals surface area contributed by atoms with Crippen LogP contribution >= 0.6 is 15.9 Å². The van der Waals surface area contributed by atoms with Crippen molar-refractivity contribution in [3.63, 3.8) is 0 Å². The molecule has 0 amide bonds. The van der Waals surface area contributed by atoms with E-state index in [4.69, 9.17) is 0 Å². The standard InChI is InChI=1S/C9H6BrF3O2/c10-4-6-1-2-7(5-14)8(3-6)15-9(11,12)13/h1-3,5H,4H2. The third-order valence-electron chi connectivity index (χ3n) is 1.58. The van der Waals surface area contributed by atoms with Gasteiger partial charge in [0.05, 0.1) is 5.56 Å². The first kappa shape index (κ1) is 12.0. The first-order valence-electron chi connectivity index (χ1n) is 3.86. The molecule has 15 heavy (non-hydrogen) atoms. The summed E-state index contributed by atoms with van der Waals surface area (Å²) in [5.74, 6) is -0.477. The number of hydrogen-bond donors (Lipinski definition) is 0. The minimum Gasteiger partial charge on any atom is -0.405 e. The quantitative estimate of drug-likeness (QED) is 0.628. The van der Waals surface area contributed by atoms with Gasteiger partial charge in [-0.05, 0) is 17.7 Å². The number of benzene rings is 1. The third kappa shape index (κ3) is 3.54. The van der Waals surface area contributed by atoms with E-state index >= 15 is 0 Å². The maximum absolute atomic E-state index is 11.9. The van der Waals surface area contributed by atoms with E-state index in [1.165, 1.54) is 12.1 Å². The molecule has 0 saturated carbocycles. The smallest absolute Gasteiger partial charge is 0.405 e. The Morgan fingerprint density at radius 3 is 2.53 bits per heavy atom. The Balaban J connectivity index is 3.06. The van der Waals surface area contributed by atoms with E-state index in [1.54, 1.807) is 6.07 Å². The van der Waals surface area contributed by atoms with Crippen molar-refractivity contribution in [1.82, 2.24) is 0 Å². The van der Waals surface area contributed by atoms with Gasteiger partial charge in [-0.3, -0.25) is 4.79 Å². The van der Waals surface area contributed by atoms with Crippen LogP contribution in [0.25, 0.3) is 0 Å². The van der Waals surface area contributed by atoms with Crippen LogP contribution in [0.2, 0.25) is 0 Å². The number of aldehydes is 1. The summed E-state index contributed by atoms with van der Waals surface area (Å²) in [6.45, 7) is 0. The van der Waals surface area contributed by atoms with Gasteiger partial charge in [0.1, 0.15) is 5.75 Å². The van der Waals surface area contributed by atoms with Crippen molar-refractivity contribution >= 4 is 22.2 Å². The van der Waals surface area contributed by atoms with Crippen molar-refractivity contribution < 1.29 is 22.7 Å². The highest BCUT2D eigenvalue weighted by Crippen LogP contribution is 2.27. The lowest BCUT2D eigenvalue weighted by Gasteiger charge is -2.11. The van der Waals surface area contributed by atoms with Gasteiger partial charge in [-0.15, -0.1) is 13.2 Å². The van der Waals surface area contributed by atoms with Gasteiger partial charge < -0.3 is 4.74 Å². The maximum Gasteiger partial charge on any atom is 0.573 e. The summed E-state index contributed by atoms with van der Waals surface area (Å²) in [4.78, 5) is 10.5. The molecule has 0 unspecified atom stereocenters.